The van der Waals surface area contributed by atoms with Gasteiger partial charge in [0.1, 0.15) is 0 Å². The summed E-state index contributed by atoms with van der Waals surface area (Å²) in [5, 5.41) is 0. The molecule has 7 heteroatoms. The maximum Gasteiger partial charge on any atom is 0.0894 e. The van der Waals surface area contributed by atoms with Crippen molar-refractivity contribution in [3.63, 3.8) is 0 Å². The zero-order valence-electron chi connectivity index (χ0n) is 11.2. The van der Waals surface area contributed by atoms with Crippen molar-refractivity contribution < 1.29 is 13.7 Å². The minimum absolute atomic E-state index is 0.860. The molecule has 0 saturated carbocycles. The molecule has 3 rings (SSSR count). The first-order valence-corrected chi connectivity index (χ1v) is 16.3. The molecular weight excluding hydrogens is 515 g/mol. The second-order valence-electron chi connectivity index (χ2n) is 4.00. The van der Waals surface area contributed by atoms with Crippen LogP contribution in [0.4, 0.5) is 0 Å². The second kappa shape index (κ2) is 9.20. The SMILES string of the molecule is [Cl][Re]([Cl])[Cl].c1ccc(-c2cccc(-c3ccccn3)n2)nc1. The fourth-order valence-corrected chi connectivity index (χ4v) is 1.75. The molecule has 114 valence electrons. The summed E-state index contributed by atoms with van der Waals surface area (Å²) in [5.74, 6) is 0. The van der Waals surface area contributed by atoms with E-state index in [2.05, 4.69) is 15.0 Å². The molecule has 3 heterocycles. The fourth-order valence-electron chi connectivity index (χ4n) is 1.75. The van der Waals surface area contributed by atoms with Crippen LogP contribution >= 0.6 is 28.6 Å². The van der Waals surface area contributed by atoms with Crippen LogP contribution in [0.1, 0.15) is 0 Å². The molecule has 0 aliphatic carbocycles. The van der Waals surface area contributed by atoms with Crippen LogP contribution in [0, 0.1) is 0 Å². The Morgan fingerprint density at radius 3 is 1.36 bits per heavy atom. The summed E-state index contributed by atoms with van der Waals surface area (Å²) in [6, 6.07) is 17.5. The molecular formula is C15H11Cl3N3Re. The molecule has 0 aliphatic heterocycles. The molecule has 0 spiro atoms. The normalized spacial score (nSPS) is 10.4. The predicted molar refractivity (Wildman–Crippen MR) is 88.3 cm³/mol. The number of halogens is 3. The van der Waals surface area contributed by atoms with Crippen molar-refractivity contribution in [2.75, 3.05) is 0 Å². The monoisotopic (exact) mass is 525 g/mol. The van der Waals surface area contributed by atoms with Crippen molar-refractivity contribution in [2.45, 2.75) is 0 Å². The van der Waals surface area contributed by atoms with Crippen LogP contribution in [0.25, 0.3) is 22.8 Å². The Morgan fingerprint density at radius 2 is 1.00 bits per heavy atom. The molecule has 3 aromatic rings. The fraction of sp³-hybridized carbons (Fsp3) is 0. The maximum absolute atomic E-state index is 4.99. The Hall–Kier alpha value is -1.02. The van der Waals surface area contributed by atoms with Gasteiger partial charge in [0, 0.05) is 12.4 Å². The third-order valence-corrected chi connectivity index (χ3v) is 2.60. The summed E-state index contributed by atoms with van der Waals surface area (Å²) in [4.78, 5) is 13.2. The molecule has 0 aliphatic rings. The molecule has 0 aromatic carbocycles. The van der Waals surface area contributed by atoms with E-state index in [-0.39, 0.29) is 0 Å². The average Bonchev–Trinajstić information content (AvgIpc) is 2.56. The van der Waals surface area contributed by atoms with Gasteiger partial charge in [0.2, 0.25) is 0 Å². The van der Waals surface area contributed by atoms with Crippen molar-refractivity contribution in [3.8, 4) is 22.8 Å². The van der Waals surface area contributed by atoms with Crippen LogP contribution in [0.15, 0.2) is 67.0 Å². The van der Waals surface area contributed by atoms with E-state index < -0.39 is 13.7 Å². The summed E-state index contributed by atoms with van der Waals surface area (Å²) in [6.45, 7) is 0. The quantitative estimate of drug-likeness (QED) is 0.457. The largest absolute Gasteiger partial charge is 0.255 e. The summed E-state index contributed by atoms with van der Waals surface area (Å²) in [7, 11) is 15.0. The van der Waals surface area contributed by atoms with Crippen LogP contribution in [0.2, 0.25) is 0 Å². The summed E-state index contributed by atoms with van der Waals surface area (Å²) < 4.78 is 0. The third-order valence-electron chi connectivity index (χ3n) is 2.60. The van der Waals surface area contributed by atoms with E-state index in [0.717, 1.165) is 22.8 Å². The number of rotatable bonds is 2. The van der Waals surface area contributed by atoms with Gasteiger partial charge in [0.25, 0.3) is 0 Å². The zero-order chi connectivity index (χ0) is 15.8. The van der Waals surface area contributed by atoms with Gasteiger partial charge < -0.3 is 0 Å². The van der Waals surface area contributed by atoms with Crippen LogP contribution in [-0.2, 0) is 13.7 Å². The Labute approximate surface area is 146 Å². The van der Waals surface area contributed by atoms with Gasteiger partial charge in [-0.2, -0.15) is 0 Å². The minimum atomic E-state index is -2.05. The Balaban J connectivity index is 0.000000396. The molecule has 0 radical (unpaired) electrons. The second-order valence-corrected chi connectivity index (χ2v) is 15.8. The number of hydrogen-bond acceptors (Lipinski definition) is 3. The number of pyridine rings is 3. The molecule has 0 amide bonds. The molecule has 0 N–H and O–H groups in total. The van der Waals surface area contributed by atoms with Crippen molar-refractivity contribution in [2.24, 2.45) is 0 Å². The van der Waals surface area contributed by atoms with Crippen LogP contribution in [0.5, 0.6) is 0 Å². The molecule has 0 atom stereocenters. The smallest absolute Gasteiger partial charge is 0.0894 e. The first-order valence-electron chi connectivity index (χ1n) is 6.16. The van der Waals surface area contributed by atoms with Gasteiger partial charge in [-0.3, -0.25) is 9.97 Å². The van der Waals surface area contributed by atoms with Crippen molar-refractivity contribution in [1.82, 2.24) is 15.0 Å². The topological polar surface area (TPSA) is 38.7 Å². The first-order chi connectivity index (χ1) is 10.7. The van der Waals surface area contributed by atoms with Crippen LogP contribution < -0.4 is 0 Å². The third kappa shape index (κ3) is 5.64. The van der Waals surface area contributed by atoms with E-state index in [1.54, 1.807) is 12.4 Å². The van der Waals surface area contributed by atoms with Gasteiger partial charge in [0.05, 0.1) is 22.8 Å². The van der Waals surface area contributed by atoms with E-state index in [1.807, 2.05) is 54.6 Å². The number of aromatic nitrogens is 3. The van der Waals surface area contributed by atoms with Crippen molar-refractivity contribution in [3.05, 3.63) is 67.0 Å². The van der Waals surface area contributed by atoms with E-state index in [4.69, 9.17) is 28.6 Å². The van der Waals surface area contributed by atoms with Crippen molar-refractivity contribution >= 4 is 28.6 Å². The molecule has 0 saturated heterocycles. The van der Waals surface area contributed by atoms with Gasteiger partial charge in [-0.05, 0) is 36.4 Å². The average molecular weight is 526 g/mol. The van der Waals surface area contributed by atoms with Gasteiger partial charge in [-0.1, -0.05) is 18.2 Å². The zero-order valence-corrected chi connectivity index (χ0v) is 16.2. The Bertz CT molecular complexity index is 639. The molecule has 0 bridgehead atoms. The maximum atomic E-state index is 4.99. The molecule has 0 unspecified atom stereocenters. The molecule has 3 aromatic heterocycles. The van der Waals surface area contributed by atoms with Crippen LogP contribution in [-0.4, -0.2) is 15.0 Å². The van der Waals surface area contributed by atoms with E-state index in [1.165, 1.54) is 0 Å². The summed E-state index contributed by atoms with van der Waals surface area (Å²) in [5.41, 5.74) is 3.46. The van der Waals surface area contributed by atoms with E-state index in [0.29, 0.717) is 0 Å². The standard InChI is InChI=1S/C15H11N3.3ClH.Re/c1-3-10-16-12(6-1)14-8-5-9-15(18-14)13-7-2-4-11-17-13;;;;/h1-11H;3*1H;/q;;;;+3/p-3. The predicted octanol–water partition coefficient (Wildman–Crippen LogP) is 5.27. The molecule has 0 fully saturated rings. The van der Waals surface area contributed by atoms with Crippen molar-refractivity contribution in [1.29, 1.82) is 0 Å². The molecule has 22 heavy (non-hydrogen) atoms. The van der Waals surface area contributed by atoms with Gasteiger partial charge in [-0.15, -0.1) is 0 Å². The van der Waals surface area contributed by atoms with E-state index in [9.17, 15) is 0 Å². The minimum Gasteiger partial charge on any atom is -0.255 e. The summed E-state index contributed by atoms with van der Waals surface area (Å²) in [6.07, 6.45) is 3.54. The first kappa shape index (κ1) is 17.3. The Morgan fingerprint density at radius 1 is 0.591 bits per heavy atom. The van der Waals surface area contributed by atoms with Gasteiger partial charge in [-0.25, -0.2) is 4.98 Å². The van der Waals surface area contributed by atoms with Gasteiger partial charge in [0.15, 0.2) is 0 Å². The van der Waals surface area contributed by atoms with Crippen LogP contribution in [0.3, 0.4) is 0 Å². The Kier molecular flexibility index (Phi) is 7.25. The number of hydrogen-bond donors (Lipinski definition) is 0. The molecule has 3 nitrogen and oxygen atoms in total. The van der Waals surface area contributed by atoms with E-state index >= 15 is 0 Å². The summed E-state index contributed by atoms with van der Waals surface area (Å²) >= 11 is -2.05. The van der Waals surface area contributed by atoms with Gasteiger partial charge >= 0.3 is 42.3 Å². The number of nitrogens with zero attached hydrogens (tertiary/aromatic N) is 3.